The molecular weight excluding hydrogens is 448 g/mol. The second-order valence-electron chi connectivity index (χ2n) is 7.28. The van der Waals surface area contributed by atoms with Crippen molar-refractivity contribution < 1.29 is 12.6 Å². The molecule has 0 spiro atoms. The van der Waals surface area contributed by atoms with Crippen LogP contribution in [-0.4, -0.2) is 24.2 Å². The van der Waals surface area contributed by atoms with Gasteiger partial charge in [0, 0.05) is 35.3 Å². The molecule has 3 rings (SSSR count). The van der Waals surface area contributed by atoms with Crippen molar-refractivity contribution in [2.24, 2.45) is 0 Å². The van der Waals surface area contributed by atoms with Crippen LogP contribution in [0.25, 0.3) is 11.1 Å². The van der Waals surface area contributed by atoms with Crippen molar-refractivity contribution in [3.05, 3.63) is 75.3 Å². The van der Waals surface area contributed by atoms with Gasteiger partial charge < -0.3 is 4.57 Å². The standard InChI is InChI=1S/C23H21ClN4O3S/c1-4-21-20(11-26)22(18-7-5-16(10-25)6-8-18)15(2)28(21)13-17-9-19(23(24)27-12-17)14-31-32(3,29)30/h5-9,12H,4,13-14H2,1-3H3. The van der Waals surface area contributed by atoms with Crippen LogP contribution < -0.4 is 0 Å². The number of rotatable bonds is 7. The topological polar surface area (TPSA) is 109 Å². The number of pyridine rings is 1. The second kappa shape index (κ2) is 9.54. The molecule has 0 radical (unpaired) electrons. The lowest BCUT2D eigenvalue weighted by atomic mass is 9.99. The molecule has 0 bridgehead atoms. The van der Waals surface area contributed by atoms with E-state index in [2.05, 4.69) is 21.7 Å². The van der Waals surface area contributed by atoms with Crippen molar-refractivity contribution in [1.29, 1.82) is 10.5 Å². The Hall–Kier alpha value is -3.17. The van der Waals surface area contributed by atoms with E-state index in [0.717, 1.165) is 34.3 Å². The summed E-state index contributed by atoms with van der Waals surface area (Å²) < 4.78 is 29.6. The predicted molar refractivity (Wildman–Crippen MR) is 121 cm³/mol. The van der Waals surface area contributed by atoms with Gasteiger partial charge in [-0.3, -0.25) is 4.18 Å². The van der Waals surface area contributed by atoms with Gasteiger partial charge in [-0.25, -0.2) is 4.98 Å². The Balaban J connectivity index is 2.05. The molecular formula is C23H21ClN4O3S. The molecule has 0 aliphatic rings. The lowest BCUT2D eigenvalue weighted by Gasteiger charge is -2.13. The fourth-order valence-electron chi connectivity index (χ4n) is 3.65. The van der Waals surface area contributed by atoms with E-state index in [-0.39, 0.29) is 11.8 Å². The van der Waals surface area contributed by atoms with E-state index in [0.29, 0.717) is 29.7 Å². The van der Waals surface area contributed by atoms with E-state index in [1.54, 1.807) is 24.4 Å². The smallest absolute Gasteiger partial charge is 0.264 e. The Bertz CT molecular complexity index is 1350. The number of hydrogen-bond acceptors (Lipinski definition) is 6. The summed E-state index contributed by atoms with van der Waals surface area (Å²) in [7, 11) is -3.62. The van der Waals surface area contributed by atoms with Crippen LogP contribution in [0.2, 0.25) is 5.15 Å². The van der Waals surface area contributed by atoms with Crippen molar-refractivity contribution in [1.82, 2.24) is 9.55 Å². The Morgan fingerprint density at radius 3 is 2.44 bits per heavy atom. The first kappa shape index (κ1) is 23.5. The zero-order chi connectivity index (χ0) is 23.5. The first-order valence-electron chi connectivity index (χ1n) is 9.78. The van der Waals surface area contributed by atoms with Gasteiger partial charge in [0.1, 0.15) is 11.2 Å². The minimum Gasteiger partial charge on any atom is -0.342 e. The molecule has 0 saturated carbocycles. The summed E-state index contributed by atoms with van der Waals surface area (Å²) in [5.74, 6) is 0. The molecule has 0 aliphatic carbocycles. The first-order chi connectivity index (χ1) is 15.2. The highest BCUT2D eigenvalue weighted by molar-refractivity contribution is 7.85. The van der Waals surface area contributed by atoms with Gasteiger partial charge in [0.05, 0.1) is 30.1 Å². The summed E-state index contributed by atoms with van der Waals surface area (Å²) in [6.45, 7) is 4.16. The molecule has 0 fully saturated rings. The van der Waals surface area contributed by atoms with Crippen LogP contribution >= 0.6 is 11.6 Å². The van der Waals surface area contributed by atoms with Crippen molar-refractivity contribution in [2.45, 2.75) is 33.4 Å². The summed E-state index contributed by atoms with van der Waals surface area (Å²) in [5, 5.41) is 19.1. The van der Waals surface area contributed by atoms with Gasteiger partial charge in [-0.15, -0.1) is 0 Å². The summed E-state index contributed by atoms with van der Waals surface area (Å²) in [6, 6.07) is 13.3. The van der Waals surface area contributed by atoms with Gasteiger partial charge in [-0.2, -0.15) is 18.9 Å². The molecule has 9 heteroatoms. The molecule has 1 aromatic carbocycles. The minimum atomic E-state index is -3.62. The number of benzene rings is 1. The molecule has 0 atom stereocenters. The van der Waals surface area contributed by atoms with Crippen LogP contribution in [0.3, 0.4) is 0 Å². The van der Waals surface area contributed by atoms with Gasteiger partial charge in [-0.1, -0.05) is 30.7 Å². The lowest BCUT2D eigenvalue weighted by Crippen LogP contribution is -2.08. The lowest BCUT2D eigenvalue weighted by molar-refractivity contribution is 0.311. The number of aromatic nitrogens is 2. The van der Waals surface area contributed by atoms with Crippen LogP contribution in [0.5, 0.6) is 0 Å². The third kappa shape index (κ3) is 5.00. The zero-order valence-corrected chi connectivity index (χ0v) is 19.5. The Morgan fingerprint density at radius 1 is 1.19 bits per heavy atom. The molecule has 0 aliphatic heterocycles. The van der Waals surface area contributed by atoms with Gasteiger partial charge in [0.25, 0.3) is 10.1 Å². The Labute approximate surface area is 192 Å². The van der Waals surface area contributed by atoms with Crippen LogP contribution in [0.1, 0.15) is 40.6 Å². The molecule has 0 N–H and O–H groups in total. The highest BCUT2D eigenvalue weighted by atomic mass is 35.5. The SMILES string of the molecule is CCc1c(C#N)c(-c2ccc(C#N)cc2)c(C)n1Cc1cnc(Cl)c(COS(C)(=O)=O)c1. The summed E-state index contributed by atoms with van der Waals surface area (Å²) in [4.78, 5) is 4.17. The molecule has 2 heterocycles. The normalized spacial score (nSPS) is 11.2. The van der Waals surface area contributed by atoms with Gasteiger partial charge in [0.2, 0.25) is 0 Å². The van der Waals surface area contributed by atoms with E-state index < -0.39 is 10.1 Å². The zero-order valence-electron chi connectivity index (χ0n) is 17.9. The number of hydrogen-bond donors (Lipinski definition) is 0. The predicted octanol–water partition coefficient (Wildman–Crippen LogP) is 4.34. The van der Waals surface area contributed by atoms with Crippen molar-refractivity contribution in [3.8, 4) is 23.3 Å². The Morgan fingerprint density at radius 2 is 1.88 bits per heavy atom. The van der Waals surface area contributed by atoms with Crippen molar-refractivity contribution in [3.63, 3.8) is 0 Å². The molecule has 164 valence electrons. The van der Waals surface area contributed by atoms with Gasteiger partial charge in [0.15, 0.2) is 0 Å². The summed E-state index contributed by atoms with van der Waals surface area (Å²) in [6.07, 6.45) is 3.24. The van der Waals surface area contributed by atoms with E-state index in [4.69, 9.17) is 21.0 Å². The highest BCUT2D eigenvalue weighted by Crippen LogP contribution is 2.33. The average Bonchev–Trinajstić information content (AvgIpc) is 3.04. The maximum atomic E-state index is 11.3. The molecule has 3 aromatic rings. The number of nitriles is 2. The van der Waals surface area contributed by atoms with Crippen LogP contribution in [0.15, 0.2) is 36.5 Å². The van der Waals surface area contributed by atoms with E-state index in [1.807, 2.05) is 26.0 Å². The molecule has 0 amide bonds. The van der Waals surface area contributed by atoms with Crippen LogP contribution in [-0.2, 0) is 33.9 Å². The average molecular weight is 469 g/mol. The second-order valence-corrected chi connectivity index (χ2v) is 9.28. The fraction of sp³-hybridized carbons (Fsp3) is 0.261. The van der Waals surface area contributed by atoms with Gasteiger partial charge >= 0.3 is 0 Å². The molecule has 2 aromatic heterocycles. The summed E-state index contributed by atoms with van der Waals surface area (Å²) in [5.41, 5.74) is 5.89. The quantitative estimate of drug-likeness (QED) is 0.377. The minimum absolute atomic E-state index is 0.174. The largest absolute Gasteiger partial charge is 0.342 e. The van der Waals surface area contributed by atoms with Crippen molar-refractivity contribution >= 4 is 21.7 Å². The molecule has 0 saturated heterocycles. The third-order valence-corrected chi connectivity index (χ3v) is 6.00. The van der Waals surface area contributed by atoms with Crippen LogP contribution in [0, 0.1) is 29.6 Å². The fourth-order valence-corrected chi connectivity index (χ4v) is 4.15. The summed E-state index contributed by atoms with van der Waals surface area (Å²) >= 11 is 6.12. The van der Waals surface area contributed by atoms with Crippen LogP contribution in [0.4, 0.5) is 0 Å². The maximum Gasteiger partial charge on any atom is 0.264 e. The first-order valence-corrected chi connectivity index (χ1v) is 12.0. The monoisotopic (exact) mass is 468 g/mol. The maximum absolute atomic E-state index is 11.3. The molecule has 7 nitrogen and oxygen atoms in total. The third-order valence-electron chi connectivity index (χ3n) is 5.12. The molecule has 0 unspecified atom stereocenters. The Kier molecular flexibility index (Phi) is 7.00. The number of nitrogens with zero attached hydrogens (tertiary/aromatic N) is 4. The highest BCUT2D eigenvalue weighted by Gasteiger charge is 2.21. The van der Waals surface area contributed by atoms with E-state index in [1.165, 1.54) is 0 Å². The number of halogens is 1. The van der Waals surface area contributed by atoms with Gasteiger partial charge in [-0.05, 0) is 42.7 Å². The van der Waals surface area contributed by atoms with Crippen molar-refractivity contribution in [2.75, 3.05) is 6.26 Å². The van der Waals surface area contributed by atoms with E-state index in [9.17, 15) is 13.7 Å². The van der Waals surface area contributed by atoms with E-state index >= 15 is 0 Å². The molecule has 32 heavy (non-hydrogen) atoms.